The Morgan fingerprint density at radius 1 is 0.935 bits per heavy atom. The fourth-order valence-corrected chi connectivity index (χ4v) is 3.34. The third-order valence-corrected chi connectivity index (χ3v) is 5.29. The Morgan fingerprint density at radius 3 is 2.19 bits per heavy atom. The Labute approximate surface area is 189 Å². The molecule has 0 amide bonds. The second-order valence-corrected chi connectivity index (χ2v) is 7.77. The lowest BCUT2D eigenvalue weighted by Crippen LogP contribution is -2.16. The summed E-state index contributed by atoms with van der Waals surface area (Å²) in [5, 5.41) is 4.14. The first-order valence-corrected chi connectivity index (χ1v) is 10.9. The Hall–Kier alpha value is -2.98. The smallest absolute Gasteiger partial charge is 0.165 e. The molecule has 0 aliphatic carbocycles. The van der Waals surface area contributed by atoms with Gasteiger partial charge in [0, 0.05) is 22.7 Å². The lowest BCUT2D eigenvalue weighted by Gasteiger charge is -2.21. The zero-order valence-corrected chi connectivity index (χ0v) is 18.7. The largest absolute Gasteiger partial charge is 0.497 e. The lowest BCUT2D eigenvalue weighted by atomic mass is 9.97. The average molecular weight is 438 g/mol. The number of ether oxygens (including phenoxy) is 2. The van der Waals surface area contributed by atoms with Crippen LogP contribution < -0.4 is 14.8 Å². The molecule has 5 heteroatoms. The number of anilines is 1. The molecule has 0 aliphatic heterocycles. The number of benzene rings is 3. The van der Waals surface area contributed by atoms with Crippen molar-refractivity contribution in [2.24, 2.45) is 0 Å². The van der Waals surface area contributed by atoms with E-state index >= 15 is 0 Å². The molecule has 0 bridgehead atoms. The van der Waals surface area contributed by atoms with E-state index < -0.39 is 0 Å². The number of unbranched alkanes of at least 4 members (excludes halogenated alkanes) is 1. The number of carbonyl (C=O) groups is 1. The van der Waals surface area contributed by atoms with Crippen LogP contribution in [0.1, 0.15) is 48.1 Å². The number of ketones is 1. The number of hydrogen-bond donors (Lipinski definition) is 1. The standard InChI is InChI=1S/C26H28ClNO3/c1-3-4-17-31-24-15-5-19(6-16-24)25(28-22-11-9-21(27)10-12-22)18-26(29)20-7-13-23(30-2)14-8-20/h5-16,25,28H,3-4,17-18H2,1-2H3. The highest BCUT2D eigenvalue weighted by Gasteiger charge is 2.18. The SMILES string of the molecule is CCCCOc1ccc(C(CC(=O)c2ccc(OC)cc2)Nc2ccc(Cl)cc2)cc1. The summed E-state index contributed by atoms with van der Waals surface area (Å²) in [6.07, 6.45) is 2.43. The number of halogens is 1. The summed E-state index contributed by atoms with van der Waals surface area (Å²) in [6.45, 7) is 2.84. The Kier molecular flexibility index (Phi) is 8.36. The molecule has 0 spiro atoms. The van der Waals surface area contributed by atoms with Crippen molar-refractivity contribution < 1.29 is 14.3 Å². The van der Waals surface area contributed by atoms with Crippen molar-refractivity contribution in [2.45, 2.75) is 32.2 Å². The Bertz CT molecular complexity index is 953. The van der Waals surface area contributed by atoms with E-state index in [0.29, 0.717) is 23.6 Å². The molecular weight excluding hydrogens is 410 g/mol. The first-order chi connectivity index (χ1) is 15.1. The summed E-state index contributed by atoms with van der Waals surface area (Å²) in [5.41, 5.74) is 2.57. The number of methoxy groups -OCH3 is 1. The average Bonchev–Trinajstić information content (AvgIpc) is 2.80. The summed E-state index contributed by atoms with van der Waals surface area (Å²) < 4.78 is 11.0. The molecule has 3 aromatic carbocycles. The molecule has 0 aliphatic rings. The van der Waals surface area contributed by atoms with Crippen LogP contribution in [0, 0.1) is 0 Å². The molecule has 3 aromatic rings. The maximum absolute atomic E-state index is 13.0. The molecule has 1 unspecified atom stereocenters. The molecule has 0 saturated carbocycles. The van der Waals surface area contributed by atoms with Crippen molar-refractivity contribution in [2.75, 3.05) is 19.0 Å². The number of hydrogen-bond acceptors (Lipinski definition) is 4. The number of Topliss-reactive ketones (excluding diaryl/α,β-unsaturated/α-hetero) is 1. The molecule has 0 saturated heterocycles. The summed E-state index contributed by atoms with van der Waals surface area (Å²) in [7, 11) is 1.61. The molecule has 31 heavy (non-hydrogen) atoms. The predicted octanol–water partition coefficient (Wildman–Crippen LogP) is 6.95. The highest BCUT2D eigenvalue weighted by molar-refractivity contribution is 6.30. The molecule has 162 valence electrons. The topological polar surface area (TPSA) is 47.6 Å². The van der Waals surface area contributed by atoms with Crippen LogP contribution in [0.15, 0.2) is 72.8 Å². The van der Waals surface area contributed by atoms with Crippen LogP contribution in [0.4, 0.5) is 5.69 Å². The van der Waals surface area contributed by atoms with Crippen LogP contribution in [0.25, 0.3) is 0 Å². The maximum Gasteiger partial charge on any atom is 0.165 e. The van der Waals surface area contributed by atoms with Crippen molar-refractivity contribution in [3.8, 4) is 11.5 Å². The molecule has 0 aromatic heterocycles. The first kappa shape index (κ1) is 22.7. The van der Waals surface area contributed by atoms with Crippen molar-refractivity contribution in [3.05, 3.63) is 88.9 Å². The predicted molar refractivity (Wildman–Crippen MR) is 127 cm³/mol. The third kappa shape index (κ3) is 6.76. The third-order valence-electron chi connectivity index (χ3n) is 5.04. The summed E-state index contributed by atoms with van der Waals surface area (Å²) in [5.74, 6) is 1.62. The molecule has 1 N–H and O–H groups in total. The highest BCUT2D eigenvalue weighted by atomic mass is 35.5. The minimum atomic E-state index is -0.194. The van der Waals surface area contributed by atoms with Crippen molar-refractivity contribution in [1.29, 1.82) is 0 Å². The van der Waals surface area contributed by atoms with Gasteiger partial charge in [-0.3, -0.25) is 4.79 Å². The van der Waals surface area contributed by atoms with Crippen molar-refractivity contribution in [3.63, 3.8) is 0 Å². The number of carbonyl (C=O) groups excluding carboxylic acids is 1. The van der Waals surface area contributed by atoms with Crippen LogP contribution in [0.5, 0.6) is 11.5 Å². The van der Waals surface area contributed by atoms with Crippen LogP contribution >= 0.6 is 11.6 Å². The minimum absolute atomic E-state index is 0.0531. The van der Waals surface area contributed by atoms with Gasteiger partial charge in [-0.15, -0.1) is 0 Å². The van der Waals surface area contributed by atoms with E-state index in [2.05, 4.69) is 12.2 Å². The quantitative estimate of drug-likeness (QED) is 0.260. The van der Waals surface area contributed by atoms with Gasteiger partial charge in [-0.1, -0.05) is 37.1 Å². The number of rotatable bonds is 11. The zero-order chi connectivity index (χ0) is 22.1. The van der Waals surface area contributed by atoms with Gasteiger partial charge in [0.15, 0.2) is 5.78 Å². The summed E-state index contributed by atoms with van der Waals surface area (Å²) in [6, 6.07) is 22.4. The van der Waals surface area contributed by atoms with Gasteiger partial charge in [-0.2, -0.15) is 0 Å². The van der Waals surface area contributed by atoms with Gasteiger partial charge in [0.1, 0.15) is 11.5 Å². The first-order valence-electron chi connectivity index (χ1n) is 10.5. The van der Waals surface area contributed by atoms with E-state index in [1.165, 1.54) is 0 Å². The van der Waals surface area contributed by atoms with Crippen LogP contribution in [-0.4, -0.2) is 19.5 Å². The van der Waals surface area contributed by atoms with Crippen LogP contribution in [0.2, 0.25) is 5.02 Å². The molecule has 0 fully saturated rings. The van der Waals surface area contributed by atoms with E-state index in [0.717, 1.165) is 35.6 Å². The Balaban J connectivity index is 1.78. The van der Waals surface area contributed by atoms with Gasteiger partial charge in [0.05, 0.1) is 19.8 Å². The summed E-state index contributed by atoms with van der Waals surface area (Å²) in [4.78, 5) is 13.0. The number of nitrogens with one attached hydrogen (secondary N) is 1. The molecule has 3 rings (SSSR count). The van der Waals surface area contributed by atoms with E-state index in [-0.39, 0.29) is 11.8 Å². The van der Waals surface area contributed by atoms with E-state index in [1.54, 1.807) is 31.4 Å². The van der Waals surface area contributed by atoms with Gasteiger partial charge in [0.2, 0.25) is 0 Å². The fourth-order valence-electron chi connectivity index (χ4n) is 3.21. The molecule has 4 nitrogen and oxygen atoms in total. The lowest BCUT2D eigenvalue weighted by molar-refractivity contribution is 0.0976. The van der Waals surface area contributed by atoms with Gasteiger partial charge < -0.3 is 14.8 Å². The second-order valence-electron chi connectivity index (χ2n) is 7.33. The monoisotopic (exact) mass is 437 g/mol. The van der Waals surface area contributed by atoms with E-state index in [1.807, 2.05) is 48.5 Å². The summed E-state index contributed by atoms with van der Waals surface area (Å²) >= 11 is 6.02. The van der Waals surface area contributed by atoms with Gasteiger partial charge in [-0.05, 0) is 72.6 Å². The van der Waals surface area contributed by atoms with Crippen molar-refractivity contribution in [1.82, 2.24) is 0 Å². The molecule has 1 atom stereocenters. The second kappa shape index (κ2) is 11.4. The van der Waals surface area contributed by atoms with Gasteiger partial charge in [0.25, 0.3) is 0 Å². The fraction of sp³-hybridized carbons (Fsp3) is 0.269. The molecular formula is C26H28ClNO3. The normalized spacial score (nSPS) is 11.6. The Morgan fingerprint density at radius 2 is 1.58 bits per heavy atom. The van der Waals surface area contributed by atoms with Crippen molar-refractivity contribution >= 4 is 23.1 Å². The highest BCUT2D eigenvalue weighted by Crippen LogP contribution is 2.27. The van der Waals surface area contributed by atoms with E-state index in [9.17, 15) is 4.79 Å². The maximum atomic E-state index is 13.0. The minimum Gasteiger partial charge on any atom is -0.497 e. The zero-order valence-electron chi connectivity index (χ0n) is 17.9. The van der Waals surface area contributed by atoms with E-state index in [4.69, 9.17) is 21.1 Å². The van der Waals surface area contributed by atoms with Crippen LogP contribution in [-0.2, 0) is 0 Å². The van der Waals surface area contributed by atoms with Gasteiger partial charge >= 0.3 is 0 Å². The molecule has 0 radical (unpaired) electrons. The van der Waals surface area contributed by atoms with Crippen LogP contribution in [0.3, 0.4) is 0 Å². The molecule has 0 heterocycles. The van der Waals surface area contributed by atoms with Gasteiger partial charge in [-0.25, -0.2) is 0 Å².